The Morgan fingerprint density at radius 2 is 1.75 bits per heavy atom. The number of ether oxygens (including phenoxy) is 2. The molecule has 6 nitrogen and oxygen atoms in total. The molecule has 0 N–H and O–H groups in total. The maximum absolute atomic E-state index is 5.50. The molecule has 0 aliphatic carbocycles. The first-order chi connectivity index (χ1) is 13.7. The lowest BCUT2D eigenvalue weighted by Gasteiger charge is -2.28. The van der Waals surface area contributed by atoms with Crippen LogP contribution in [-0.2, 0) is 25.9 Å². The summed E-state index contributed by atoms with van der Waals surface area (Å²) < 4.78 is 16.4. The molecule has 28 heavy (non-hydrogen) atoms. The molecule has 4 rings (SSSR count). The lowest BCUT2D eigenvalue weighted by molar-refractivity contribution is 0.210. The topological polar surface area (TPSA) is 60.6 Å². The van der Waals surface area contributed by atoms with Gasteiger partial charge in [0.1, 0.15) is 0 Å². The summed E-state index contributed by atoms with van der Waals surface area (Å²) in [4.78, 5) is 6.89. The monoisotopic (exact) mass is 379 g/mol. The molecule has 6 heteroatoms. The Bertz CT molecular complexity index is 950. The molecule has 0 bridgehead atoms. The van der Waals surface area contributed by atoms with Crippen LogP contribution in [0.2, 0.25) is 0 Å². The highest BCUT2D eigenvalue weighted by molar-refractivity contribution is 5.54. The summed E-state index contributed by atoms with van der Waals surface area (Å²) in [7, 11) is 3.33. The van der Waals surface area contributed by atoms with Gasteiger partial charge in [0.05, 0.1) is 20.8 Å². The van der Waals surface area contributed by atoms with Crippen LogP contribution >= 0.6 is 0 Å². The highest BCUT2D eigenvalue weighted by Crippen LogP contribution is 2.33. The lowest BCUT2D eigenvalue weighted by atomic mass is 9.99. The number of benzene rings is 2. The van der Waals surface area contributed by atoms with Crippen molar-refractivity contribution in [2.45, 2.75) is 32.9 Å². The van der Waals surface area contributed by atoms with E-state index in [4.69, 9.17) is 14.0 Å². The quantitative estimate of drug-likeness (QED) is 0.648. The summed E-state index contributed by atoms with van der Waals surface area (Å²) >= 11 is 0. The van der Waals surface area contributed by atoms with E-state index in [9.17, 15) is 0 Å². The molecule has 0 spiro atoms. The van der Waals surface area contributed by atoms with E-state index in [1.54, 1.807) is 14.2 Å². The molecular weight excluding hydrogens is 354 g/mol. The fourth-order valence-electron chi connectivity index (χ4n) is 3.59. The number of aromatic nitrogens is 2. The first kappa shape index (κ1) is 18.5. The normalized spacial score (nSPS) is 14.0. The highest BCUT2D eigenvalue weighted by Gasteiger charge is 2.21. The Balaban J connectivity index is 1.46. The van der Waals surface area contributed by atoms with Crippen LogP contribution in [0, 0.1) is 0 Å². The van der Waals surface area contributed by atoms with E-state index < -0.39 is 0 Å². The number of hydrogen-bond donors (Lipinski definition) is 0. The van der Waals surface area contributed by atoms with Gasteiger partial charge in [-0.2, -0.15) is 4.98 Å². The van der Waals surface area contributed by atoms with Crippen molar-refractivity contribution in [2.24, 2.45) is 0 Å². The number of hydrogen-bond acceptors (Lipinski definition) is 6. The van der Waals surface area contributed by atoms with Crippen molar-refractivity contribution >= 4 is 0 Å². The zero-order valence-electron chi connectivity index (χ0n) is 16.6. The van der Waals surface area contributed by atoms with Gasteiger partial charge in [0.25, 0.3) is 0 Å². The average molecular weight is 379 g/mol. The molecule has 146 valence electrons. The number of rotatable bonds is 6. The molecule has 2 aromatic carbocycles. The van der Waals surface area contributed by atoms with Crippen molar-refractivity contribution in [1.29, 1.82) is 0 Å². The van der Waals surface area contributed by atoms with Crippen LogP contribution in [0.4, 0.5) is 0 Å². The minimum Gasteiger partial charge on any atom is -0.493 e. The SMILES string of the molecule is CCc1ccc(-c2noc(CN3CCc4cc(OC)c(OC)cc4C3)n2)cc1. The molecule has 0 amide bonds. The number of nitrogens with zero attached hydrogens (tertiary/aromatic N) is 3. The van der Waals surface area contributed by atoms with E-state index in [0.29, 0.717) is 18.3 Å². The maximum atomic E-state index is 5.50. The predicted octanol–water partition coefficient (Wildman–Crippen LogP) is 3.87. The van der Waals surface area contributed by atoms with Crippen molar-refractivity contribution in [3.05, 3.63) is 59.0 Å². The van der Waals surface area contributed by atoms with Crippen LogP contribution in [0.3, 0.4) is 0 Å². The molecule has 0 fully saturated rings. The summed E-state index contributed by atoms with van der Waals surface area (Å²) in [5.74, 6) is 2.82. The summed E-state index contributed by atoms with van der Waals surface area (Å²) in [5, 5.41) is 4.15. The van der Waals surface area contributed by atoms with Gasteiger partial charge in [0.2, 0.25) is 11.7 Å². The molecule has 0 saturated carbocycles. The Hall–Kier alpha value is -2.86. The van der Waals surface area contributed by atoms with Gasteiger partial charge in [-0.05, 0) is 41.7 Å². The van der Waals surface area contributed by atoms with E-state index in [-0.39, 0.29) is 0 Å². The molecule has 2 heterocycles. The van der Waals surface area contributed by atoms with E-state index in [0.717, 1.165) is 43.0 Å². The van der Waals surface area contributed by atoms with Crippen LogP contribution in [0.1, 0.15) is 29.5 Å². The smallest absolute Gasteiger partial charge is 0.241 e. The second-order valence-corrected chi connectivity index (χ2v) is 7.00. The standard InChI is InChI=1S/C22H25N3O3/c1-4-15-5-7-16(8-6-15)22-23-21(28-24-22)14-25-10-9-17-11-19(26-2)20(27-3)12-18(17)13-25/h5-8,11-12H,4,9-10,13-14H2,1-3H3. The Kier molecular flexibility index (Phi) is 5.30. The first-order valence-corrected chi connectivity index (χ1v) is 9.58. The molecule has 3 aromatic rings. The second kappa shape index (κ2) is 8.02. The molecule has 0 radical (unpaired) electrons. The van der Waals surface area contributed by atoms with Crippen molar-refractivity contribution in [3.63, 3.8) is 0 Å². The minimum absolute atomic E-state index is 0.633. The number of aryl methyl sites for hydroxylation is 1. The molecule has 1 aliphatic rings. The molecule has 0 saturated heterocycles. The zero-order chi connectivity index (χ0) is 19.5. The Morgan fingerprint density at radius 3 is 2.43 bits per heavy atom. The molecule has 1 aliphatic heterocycles. The highest BCUT2D eigenvalue weighted by atomic mass is 16.5. The van der Waals surface area contributed by atoms with Gasteiger partial charge in [0, 0.05) is 18.7 Å². The fourth-order valence-corrected chi connectivity index (χ4v) is 3.59. The molecule has 0 atom stereocenters. The predicted molar refractivity (Wildman–Crippen MR) is 106 cm³/mol. The maximum Gasteiger partial charge on any atom is 0.241 e. The van der Waals surface area contributed by atoms with Crippen LogP contribution in [0.25, 0.3) is 11.4 Å². The van der Waals surface area contributed by atoms with Gasteiger partial charge < -0.3 is 14.0 Å². The summed E-state index contributed by atoms with van der Waals surface area (Å²) in [6.07, 6.45) is 1.97. The largest absolute Gasteiger partial charge is 0.493 e. The van der Waals surface area contributed by atoms with Gasteiger partial charge in [-0.3, -0.25) is 4.90 Å². The number of methoxy groups -OCH3 is 2. The molecular formula is C22H25N3O3. The Morgan fingerprint density at radius 1 is 1.04 bits per heavy atom. The number of fused-ring (bicyclic) bond motifs is 1. The van der Waals surface area contributed by atoms with Gasteiger partial charge in [0.15, 0.2) is 11.5 Å². The fraction of sp³-hybridized carbons (Fsp3) is 0.364. The summed E-state index contributed by atoms with van der Waals surface area (Å²) in [6.45, 7) is 4.53. The molecule has 0 unspecified atom stereocenters. The van der Waals surface area contributed by atoms with Crippen LogP contribution < -0.4 is 9.47 Å². The lowest BCUT2D eigenvalue weighted by Crippen LogP contribution is -2.30. The van der Waals surface area contributed by atoms with Crippen LogP contribution in [0.15, 0.2) is 40.9 Å². The van der Waals surface area contributed by atoms with E-state index in [1.807, 2.05) is 12.1 Å². The van der Waals surface area contributed by atoms with Crippen LogP contribution in [-0.4, -0.2) is 35.8 Å². The first-order valence-electron chi connectivity index (χ1n) is 9.58. The van der Waals surface area contributed by atoms with Gasteiger partial charge in [-0.25, -0.2) is 0 Å². The van der Waals surface area contributed by atoms with E-state index in [1.165, 1.54) is 16.7 Å². The van der Waals surface area contributed by atoms with Crippen molar-refractivity contribution in [3.8, 4) is 22.9 Å². The van der Waals surface area contributed by atoms with Gasteiger partial charge >= 0.3 is 0 Å². The Labute approximate surface area is 165 Å². The van der Waals surface area contributed by atoms with E-state index in [2.05, 4.69) is 46.2 Å². The molecule has 1 aromatic heterocycles. The zero-order valence-corrected chi connectivity index (χ0v) is 16.6. The van der Waals surface area contributed by atoms with Crippen molar-refractivity contribution in [2.75, 3.05) is 20.8 Å². The third kappa shape index (κ3) is 3.73. The van der Waals surface area contributed by atoms with Gasteiger partial charge in [-0.1, -0.05) is 36.3 Å². The summed E-state index contributed by atoms with van der Waals surface area (Å²) in [5.41, 5.74) is 4.83. The van der Waals surface area contributed by atoms with Crippen molar-refractivity contribution in [1.82, 2.24) is 15.0 Å². The second-order valence-electron chi connectivity index (χ2n) is 7.00. The van der Waals surface area contributed by atoms with E-state index >= 15 is 0 Å². The van der Waals surface area contributed by atoms with Crippen LogP contribution in [0.5, 0.6) is 11.5 Å². The minimum atomic E-state index is 0.633. The summed E-state index contributed by atoms with van der Waals surface area (Å²) in [6, 6.07) is 12.4. The average Bonchev–Trinajstić information content (AvgIpc) is 3.21. The van der Waals surface area contributed by atoms with Gasteiger partial charge in [-0.15, -0.1) is 0 Å². The van der Waals surface area contributed by atoms with Crippen molar-refractivity contribution < 1.29 is 14.0 Å². The third-order valence-corrected chi connectivity index (χ3v) is 5.24. The third-order valence-electron chi connectivity index (χ3n) is 5.24.